The minimum absolute atomic E-state index is 0.120. The van der Waals surface area contributed by atoms with E-state index in [4.69, 9.17) is 0 Å². The van der Waals surface area contributed by atoms with Crippen LogP contribution in [0.3, 0.4) is 0 Å². The Labute approximate surface area is 168 Å². The molecule has 3 heterocycles. The van der Waals surface area contributed by atoms with Crippen molar-refractivity contribution < 1.29 is 4.79 Å². The molecule has 0 spiro atoms. The lowest BCUT2D eigenvalue weighted by atomic mass is 10.00. The van der Waals surface area contributed by atoms with E-state index in [9.17, 15) is 4.79 Å². The fourth-order valence-electron chi connectivity index (χ4n) is 4.27. The van der Waals surface area contributed by atoms with Gasteiger partial charge in [0, 0.05) is 51.2 Å². The first-order valence-electron chi connectivity index (χ1n) is 10.4. The van der Waals surface area contributed by atoms with Crippen molar-refractivity contribution in [2.75, 3.05) is 49.1 Å². The highest BCUT2D eigenvalue weighted by Gasteiger charge is 2.23. The van der Waals surface area contributed by atoms with Crippen LogP contribution in [0.2, 0.25) is 0 Å². The molecule has 1 atom stereocenters. The van der Waals surface area contributed by atoms with E-state index in [-0.39, 0.29) is 5.91 Å². The van der Waals surface area contributed by atoms with Gasteiger partial charge in [-0.25, -0.2) is 4.98 Å². The molecule has 0 bridgehead atoms. The maximum atomic E-state index is 12.7. The lowest BCUT2D eigenvalue weighted by molar-refractivity contribution is 0.0682. The molecule has 2 aromatic rings. The van der Waals surface area contributed by atoms with Gasteiger partial charge in [0.25, 0.3) is 5.91 Å². The van der Waals surface area contributed by atoms with E-state index >= 15 is 0 Å². The molecule has 0 N–H and O–H groups in total. The minimum Gasteiger partial charge on any atom is -0.368 e. The van der Waals surface area contributed by atoms with Gasteiger partial charge in [0.05, 0.1) is 5.56 Å². The van der Waals surface area contributed by atoms with Gasteiger partial charge in [-0.3, -0.25) is 4.79 Å². The quantitative estimate of drug-likeness (QED) is 0.818. The zero-order valence-corrected chi connectivity index (χ0v) is 17.0. The van der Waals surface area contributed by atoms with E-state index in [1.54, 1.807) is 6.20 Å². The summed E-state index contributed by atoms with van der Waals surface area (Å²) in [5.41, 5.74) is 3.30. The Kier molecular flexibility index (Phi) is 5.51. The Balaban J connectivity index is 1.36. The molecule has 4 rings (SSSR count). The van der Waals surface area contributed by atoms with Gasteiger partial charge in [-0.2, -0.15) is 0 Å². The average molecular weight is 379 g/mol. The van der Waals surface area contributed by atoms with Crippen LogP contribution in [0, 0.1) is 12.8 Å². The van der Waals surface area contributed by atoms with E-state index in [2.05, 4.69) is 52.9 Å². The van der Waals surface area contributed by atoms with Crippen molar-refractivity contribution in [2.24, 2.45) is 5.92 Å². The number of carbonyl (C=O) groups is 1. The molecular formula is C23H30N4O. The number of aromatic nitrogens is 1. The molecule has 0 aliphatic carbocycles. The minimum atomic E-state index is 0.120. The van der Waals surface area contributed by atoms with Crippen molar-refractivity contribution in [3.63, 3.8) is 0 Å². The van der Waals surface area contributed by atoms with Gasteiger partial charge in [0.1, 0.15) is 5.82 Å². The van der Waals surface area contributed by atoms with Crippen molar-refractivity contribution in [3.05, 3.63) is 53.7 Å². The number of carbonyl (C=O) groups excluding carboxylic acids is 1. The zero-order chi connectivity index (χ0) is 19.5. The molecule has 28 heavy (non-hydrogen) atoms. The van der Waals surface area contributed by atoms with Gasteiger partial charge >= 0.3 is 0 Å². The molecule has 0 radical (unpaired) electrons. The smallest absolute Gasteiger partial charge is 0.255 e. The van der Waals surface area contributed by atoms with Crippen molar-refractivity contribution in [3.8, 4) is 0 Å². The summed E-state index contributed by atoms with van der Waals surface area (Å²) in [7, 11) is 0. The third-order valence-electron chi connectivity index (χ3n) is 5.91. The van der Waals surface area contributed by atoms with Gasteiger partial charge in [0.15, 0.2) is 0 Å². The number of hydrogen-bond acceptors (Lipinski definition) is 4. The summed E-state index contributed by atoms with van der Waals surface area (Å²) < 4.78 is 0. The number of rotatable bonds is 3. The number of pyridine rings is 1. The molecule has 1 aromatic heterocycles. The predicted molar refractivity (Wildman–Crippen MR) is 114 cm³/mol. The first kappa shape index (κ1) is 18.8. The Morgan fingerprint density at radius 3 is 2.50 bits per heavy atom. The van der Waals surface area contributed by atoms with Crippen LogP contribution in [0.15, 0.2) is 42.6 Å². The fraction of sp³-hybridized carbons (Fsp3) is 0.478. The molecule has 1 aromatic carbocycles. The van der Waals surface area contributed by atoms with Crippen LogP contribution >= 0.6 is 0 Å². The first-order valence-corrected chi connectivity index (χ1v) is 10.4. The maximum Gasteiger partial charge on any atom is 0.255 e. The number of likely N-dealkylation sites (tertiary alicyclic amines) is 1. The van der Waals surface area contributed by atoms with Crippen LogP contribution in [0.4, 0.5) is 11.5 Å². The number of aryl methyl sites for hydroxylation is 1. The first-order chi connectivity index (χ1) is 13.6. The normalized spacial score (nSPS) is 20.4. The summed E-state index contributed by atoms with van der Waals surface area (Å²) in [6.07, 6.45) is 4.07. The van der Waals surface area contributed by atoms with Crippen molar-refractivity contribution in [1.82, 2.24) is 9.88 Å². The van der Waals surface area contributed by atoms with E-state index in [1.807, 2.05) is 17.0 Å². The Morgan fingerprint density at radius 2 is 1.82 bits per heavy atom. The highest BCUT2D eigenvalue weighted by atomic mass is 16.2. The Morgan fingerprint density at radius 1 is 1.04 bits per heavy atom. The topological polar surface area (TPSA) is 39.7 Å². The lowest BCUT2D eigenvalue weighted by Crippen LogP contribution is -2.46. The molecular weight excluding hydrogens is 348 g/mol. The second-order valence-corrected chi connectivity index (χ2v) is 8.22. The molecule has 2 saturated heterocycles. The Bertz CT molecular complexity index is 812. The standard InChI is InChI=1S/C23H30N4O/c1-18-5-3-7-21(15-18)25-11-13-26(14-12-25)22-9-8-20(16-24-22)23(28)27-10-4-6-19(2)17-27/h3,5,7-9,15-16,19H,4,6,10-14,17H2,1-2H3. The van der Waals surface area contributed by atoms with E-state index in [0.717, 1.165) is 51.5 Å². The van der Waals surface area contributed by atoms with Crippen LogP contribution < -0.4 is 9.80 Å². The number of piperidine rings is 1. The molecule has 2 aliphatic rings. The molecule has 148 valence electrons. The van der Waals surface area contributed by atoms with Crippen LogP contribution in [-0.2, 0) is 0 Å². The summed E-state index contributed by atoms with van der Waals surface area (Å²) in [5.74, 6) is 1.68. The van der Waals surface area contributed by atoms with Gasteiger partial charge < -0.3 is 14.7 Å². The largest absolute Gasteiger partial charge is 0.368 e. The van der Waals surface area contributed by atoms with E-state index in [1.165, 1.54) is 17.7 Å². The van der Waals surface area contributed by atoms with Crippen LogP contribution in [0.5, 0.6) is 0 Å². The summed E-state index contributed by atoms with van der Waals surface area (Å²) in [6, 6.07) is 12.6. The number of benzene rings is 1. The highest BCUT2D eigenvalue weighted by Crippen LogP contribution is 2.22. The zero-order valence-electron chi connectivity index (χ0n) is 17.0. The van der Waals surface area contributed by atoms with E-state index < -0.39 is 0 Å². The summed E-state index contributed by atoms with van der Waals surface area (Å²) >= 11 is 0. The lowest BCUT2D eigenvalue weighted by Gasteiger charge is -2.37. The summed E-state index contributed by atoms with van der Waals surface area (Å²) in [5, 5.41) is 0. The number of anilines is 2. The van der Waals surface area contributed by atoms with Gasteiger partial charge in [-0.05, 0) is 55.5 Å². The second kappa shape index (κ2) is 8.21. The molecule has 2 aliphatic heterocycles. The number of nitrogens with zero attached hydrogens (tertiary/aromatic N) is 4. The maximum absolute atomic E-state index is 12.7. The fourth-order valence-corrected chi connectivity index (χ4v) is 4.27. The SMILES string of the molecule is Cc1cccc(N2CCN(c3ccc(C(=O)N4CCCC(C)C4)cn3)CC2)c1. The number of piperazine rings is 1. The summed E-state index contributed by atoms with van der Waals surface area (Å²) in [6.45, 7) is 9.94. The summed E-state index contributed by atoms with van der Waals surface area (Å²) in [4.78, 5) is 24.1. The highest BCUT2D eigenvalue weighted by molar-refractivity contribution is 5.94. The third kappa shape index (κ3) is 4.13. The van der Waals surface area contributed by atoms with Gasteiger partial charge in [-0.15, -0.1) is 0 Å². The molecule has 2 fully saturated rings. The number of hydrogen-bond donors (Lipinski definition) is 0. The van der Waals surface area contributed by atoms with Crippen molar-refractivity contribution in [1.29, 1.82) is 0 Å². The predicted octanol–water partition coefficient (Wildman–Crippen LogP) is 3.59. The molecule has 1 amide bonds. The van der Waals surface area contributed by atoms with Gasteiger partial charge in [0.2, 0.25) is 0 Å². The molecule has 0 saturated carbocycles. The van der Waals surface area contributed by atoms with E-state index in [0.29, 0.717) is 11.5 Å². The monoisotopic (exact) mass is 378 g/mol. The number of amides is 1. The van der Waals surface area contributed by atoms with Crippen LogP contribution in [-0.4, -0.2) is 55.1 Å². The van der Waals surface area contributed by atoms with Crippen molar-refractivity contribution in [2.45, 2.75) is 26.7 Å². The molecule has 5 heteroatoms. The van der Waals surface area contributed by atoms with Crippen LogP contribution in [0.1, 0.15) is 35.7 Å². The third-order valence-corrected chi connectivity index (χ3v) is 5.91. The Hall–Kier alpha value is -2.56. The van der Waals surface area contributed by atoms with Gasteiger partial charge in [-0.1, -0.05) is 19.1 Å². The van der Waals surface area contributed by atoms with Crippen molar-refractivity contribution >= 4 is 17.4 Å². The average Bonchev–Trinajstić information content (AvgIpc) is 2.73. The molecule has 5 nitrogen and oxygen atoms in total. The molecule has 1 unspecified atom stereocenters. The second-order valence-electron chi connectivity index (χ2n) is 8.22. The van der Waals surface area contributed by atoms with Crippen LogP contribution in [0.25, 0.3) is 0 Å².